The number of carbonyl (C=O) groups excluding carboxylic acids is 1. The smallest absolute Gasteiger partial charge is 0.306 e. The number of alkyl halides is 1. The Morgan fingerprint density at radius 3 is 2.58 bits per heavy atom. The summed E-state index contributed by atoms with van der Waals surface area (Å²) in [5.74, 6) is 5.91. The Morgan fingerprint density at radius 2 is 1.89 bits per heavy atom. The molecule has 0 aromatic rings. The molecule has 0 bridgehead atoms. The van der Waals surface area contributed by atoms with Crippen LogP contribution in [-0.4, -0.2) is 18.0 Å². The van der Waals surface area contributed by atoms with Crippen molar-refractivity contribution >= 4 is 17.6 Å². The van der Waals surface area contributed by atoms with E-state index in [0.717, 1.165) is 42.4 Å². The minimum atomic E-state index is -0.0641. The van der Waals surface area contributed by atoms with Gasteiger partial charge in [-0.05, 0) is 110 Å². The van der Waals surface area contributed by atoms with E-state index in [1.54, 1.807) is 5.57 Å². The van der Waals surface area contributed by atoms with Crippen LogP contribution in [0, 0.1) is 52.3 Å². The fourth-order valence-corrected chi connectivity index (χ4v) is 9.50. The van der Waals surface area contributed by atoms with Crippen LogP contribution in [0.5, 0.6) is 0 Å². The quantitative estimate of drug-likeness (QED) is 0.173. The van der Waals surface area contributed by atoms with Crippen LogP contribution in [0.1, 0.15) is 112 Å². The van der Waals surface area contributed by atoms with E-state index < -0.39 is 0 Å². The molecular formula is C33H53ClO2. The first-order chi connectivity index (χ1) is 17.1. The highest BCUT2D eigenvalue weighted by Gasteiger charge is 2.59. The maximum absolute atomic E-state index is 12.2. The number of hydrogen-bond donors (Lipinski definition) is 0. The lowest BCUT2D eigenvalue weighted by atomic mass is 9.47. The molecule has 2 nitrogen and oxygen atoms in total. The first-order valence-electron chi connectivity index (χ1n) is 15.3. The third-order valence-electron chi connectivity index (χ3n) is 11.6. The minimum absolute atomic E-state index is 0.0641. The molecule has 0 aliphatic heterocycles. The van der Waals surface area contributed by atoms with Crippen LogP contribution in [-0.2, 0) is 9.53 Å². The average molecular weight is 517 g/mol. The van der Waals surface area contributed by atoms with Gasteiger partial charge in [-0.2, -0.15) is 0 Å². The normalized spacial score (nSPS) is 39.8. The SMILES string of the molecule is CC[C@H](/C=C/[C@@H](C)[C@H]1CCC2C3CC=C4C[C@@H](OC(=O)CCCCl)CC[C@]4(C)C3CC[C@@]21C)C(C)C. The Bertz CT molecular complexity index is 830. The van der Waals surface area contributed by atoms with E-state index >= 15 is 0 Å². The summed E-state index contributed by atoms with van der Waals surface area (Å²) in [6.45, 7) is 14.8. The number of hydrogen-bond acceptors (Lipinski definition) is 2. The summed E-state index contributed by atoms with van der Waals surface area (Å²) in [5.41, 5.74) is 2.39. The predicted molar refractivity (Wildman–Crippen MR) is 152 cm³/mol. The summed E-state index contributed by atoms with van der Waals surface area (Å²) >= 11 is 5.76. The molecule has 0 aromatic heterocycles. The Morgan fingerprint density at radius 1 is 1.11 bits per heavy atom. The maximum atomic E-state index is 12.2. The van der Waals surface area contributed by atoms with Gasteiger partial charge in [0.15, 0.2) is 0 Å². The molecule has 0 amide bonds. The average Bonchev–Trinajstić information content (AvgIpc) is 3.20. The van der Waals surface area contributed by atoms with E-state index in [-0.39, 0.29) is 12.1 Å². The highest BCUT2D eigenvalue weighted by Crippen LogP contribution is 2.67. The number of fused-ring (bicyclic) bond motifs is 5. The van der Waals surface area contributed by atoms with Gasteiger partial charge < -0.3 is 4.74 Å². The Hall–Kier alpha value is -0.760. The number of esters is 1. The van der Waals surface area contributed by atoms with Crippen molar-refractivity contribution in [1.29, 1.82) is 0 Å². The van der Waals surface area contributed by atoms with Crippen LogP contribution in [0.15, 0.2) is 23.8 Å². The third-order valence-corrected chi connectivity index (χ3v) is 11.8. The van der Waals surface area contributed by atoms with Gasteiger partial charge in [0.1, 0.15) is 6.10 Å². The second-order valence-electron chi connectivity index (χ2n) is 13.7. The lowest BCUT2D eigenvalue weighted by molar-refractivity contribution is -0.151. The van der Waals surface area contributed by atoms with Crippen LogP contribution >= 0.6 is 11.6 Å². The summed E-state index contributed by atoms with van der Waals surface area (Å²) < 4.78 is 5.87. The summed E-state index contributed by atoms with van der Waals surface area (Å²) in [5, 5.41) is 0. The molecule has 9 atom stereocenters. The molecule has 0 saturated heterocycles. The standard InChI is InChI=1S/C33H53ClO2/c1-7-24(22(2)3)11-10-23(4)28-14-15-29-27-13-12-25-21-26(36-31(35)9-8-20-34)16-18-32(25,5)30(27)17-19-33(28,29)6/h10-12,22-24,26-30H,7-9,13-21H2,1-6H3/b11-10+/t23-,24-,26+,27?,28-,29?,30?,32+,33-/m1/s1. The third kappa shape index (κ3) is 5.37. The van der Waals surface area contributed by atoms with E-state index in [9.17, 15) is 4.79 Å². The van der Waals surface area contributed by atoms with E-state index in [4.69, 9.17) is 16.3 Å². The van der Waals surface area contributed by atoms with Gasteiger partial charge in [-0.3, -0.25) is 4.79 Å². The van der Waals surface area contributed by atoms with Gasteiger partial charge in [-0.15, -0.1) is 11.6 Å². The highest BCUT2D eigenvalue weighted by atomic mass is 35.5. The van der Waals surface area contributed by atoms with Gasteiger partial charge in [-0.1, -0.05) is 65.3 Å². The Labute approximate surface area is 227 Å². The van der Waals surface area contributed by atoms with Crippen LogP contribution in [0.2, 0.25) is 0 Å². The number of rotatable bonds is 9. The summed E-state index contributed by atoms with van der Waals surface area (Å²) in [6.07, 6.45) is 20.2. The lowest BCUT2D eigenvalue weighted by Crippen LogP contribution is -2.51. The Balaban J connectivity index is 1.44. The molecule has 3 saturated carbocycles. The topological polar surface area (TPSA) is 26.3 Å². The number of ether oxygens (including phenoxy) is 1. The molecule has 204 valence electrons. The van der Waals surface area contributed by atoms with Gasteiger partial charge in [0.2, 0.25) is 0 Å². The van der Waals surface area contributed by atoms with Crippen molar-refractivity contribution in [3.8, 4) is 0 Å². The number of allylic oxidation sites excluding steroid dienone is 3. The largest absolute Gasteiger partial charge is 0.462 e. The molecule has 0 spiro atoms. The molecule has 3 heteroatoms. The molecule has 4 aliphatic rings. The molecule has 36 heavy (non-hydrogen) atoms. The predicted octanol–water partition coefficient (Wildman–Crippen LogP) is 9.37. The first-order valence-corrected chi connectivity index (χ1v) is 15.8. The monoisotopic (exact) mass is 516 g/mol. The van der Waals surface area contributed by atoms with Gasteiger partial charge in [0.05, 0.1) is 0 Å². The lowest BCUT2D eigenvalue weighted by Gasteiger charge is -2.58. The molecule has 0 heterocycles. The second-order valence-corrected chi connectivity index (χ2v) is 14.1. The molecule has 0 N–H and O–H groups in total. The van der Waals surface area contributed by atoms with E-state index in [1.807, 2.05) is 0 Å². The summed E-state index contributed by atoms with van der Waals surface area (Å²) in [6, 6.07) is 0. The summed E-state index contributed by atoms with van der Waals surface area (Å²) in [7, 11) is 0. The highest BCUT2D eigenvalue weighted by molar-refractivity contribution is 6.17. The first kappa shape index (κ1) is 28.3. The van der Waals surface area contributed by atoms with Crippen LogP contribution in [0.25, 0.3) is 0 Å². The van der Waals surface area contributed by atoms with Crippen molar-refractivity contribution in [3.63, 3.8) is 0 Å². The molecule has 0 radical (unpaired) electrons. The van der Waals surface area contributed by atoms with E-state index in [0.29, 0.717) is 41.4 Å². The van der Waals surface area contributed by atoms with Crippen molar-refractivity contribution in [2.24, 2.45) is 52.3 Å². The van der Waals surface area contributed by atoms with Crippen molar-refractivity contribution < 1.29 is 9.53 Å². The Kier molecular flexibility index (Phi) is 9.06. The fraction of sp³-hybridized carbons (Fsp3) is 0.848. The van der Waals surface area contributed by atoms with Crippen molar-refractivity contribution in [1.82, 2.24) is 0 Å². The van der Waals surface area contributed by atoms with Gasteiger partial charge in [0, 0.05) is 18.7 Å². The van der Waals surface area contributed by atoms with Crippen molar-refractivity contribution in [2.45, 2.75) is 118 Å². The van der Waals surface area contributed by atoms with Gasteiger partial charge >= 0.3 is 5.97 Å². The van der Waals surface area contributed by atoms with Crippen molar-refractivity contribution in [2.75, 3.05) is 5.88 Å². The molecule has 0 aromatic carbocycles. The zero-order valence-electron chi connectivity index (χ0n) is 24.0. The van der Waals surface area contributed by atoms with Crippen LogP contribution in [0.4, 0.5) is 0 Å². The summed E-state index contributed by atoms with van der Waals surface area (Å²) in [4.78, 5) is 12.2. The zero-order chi connectivity index (χ0) is 26.1. The zero-order valence-corrected chi connectivity index (χ0v) is 24.8. The minimum Gasteiger partial charge on any atom is -0.462 e. The van der Waals surface area contributed by atoms with Crippen molar-refractivity contribution in [3.05, 3.63) is 23.8 Å². The molecule has 3 fully saturated rings. The fourth-order valence-electron chi connectivity index (χ4n) is 9.37. The number of carbonyl (C=O) groups is 1. The van der Waals surface area contributed by atoms with Gasteiger partial charge in [0.25, 0.3) is 0 Å². The van der Waals surface area contributed by atoms with E-state index in [1.165, 1.54) is 44.9 Å². The van der Waals surface area contributed by atoms with Crippen LogP contribution < -0.4 is 0 Å². The molecule has 4 rings (SSSR count). The maximum Gasteiger partial charge on any atom is 0.306 e. The molecule has 3 unspecified atom stereocenters. The number of halogens is 1. The van der Waals surface area contributed by atoms with E-state index in [2.05, 4.69) is 59.8 Å². The molecule has 4 aliphatic carbocycles. The van der Waals surface area contributed by atoms with Crippen LogP contribution in [0.3, 0.4) is 0 Å². The molecular weight excluding hydrogens is 464 g/mol. The van der Waals surface area contributed by atoms with Gasteiger partial charge in [-0.25, -0.2) is 0 Å². The second kappa shape index (κ2) is 11.5.